The lowest BCUT2D eigenvalue weighted by atomic mass is 9.95. The zero-order valence-corrected chi connectivity index (χ0v) is 11.2. The SMILES string of the molecule is CC(C)C1c2sc(C(N)=O)nc2CCN1C(N)=O. The molecule has 1 aromatic heterocycles. The van der Waals surface area contributed by atoms with Crippen LogP contribution in [0.1, 0.15) is 40.3 Å². The maximum Gasteiger partial charge on any atom is 0.315 e. The van der Waals surface area contributed by atoms with E-state index in [0.29, 0.717) is 18.0 Å². The number of amides is 3. The Morgan fingerprint density at radius 3 is 2.61 bits per heavy atom. The fourth-order valence-electron chi connectivity index (χ4n) is 2.30. The first-order valence-electron chi connectivity index (χ1n) is 5.77. The van der Waals surface area contributed by atoms with Crippen LogP contribution in [0.25, 0.3) is 0 Å². The maximum absolute atomic E-state index is 11.5. The molecule has 1 aromatic rings. The first-order chi connectivity index (χ1) is 8.41. The van der Waals surface area contributed by atoms with Crippen LogP contribution in [0.15, 0.2) is 0 Å². The molecule has 0 bridgehead atoms. The van der Waals surface area contributed by atoms with Crippen LogP contribution in [0.4, 0.5) is 4.79 Å². The molecule has 3 amide bonds. The molecule has 0 saturated heterocycles. The lowest BCUT2D eigenvalue weighted by molar-refractivity contribution is 0.0999. The third kappa shape index (κ3) is 2.05. The summed E-state index contributed by atoms with van der Waals surface area (Å²) >= 11 is 1.27. The topological polar surface area (TPSA) is 102 Å². The van der Waals surface area contributed by atoms with Crippen molar-refractivity contribution in [1.82, 2.24) is 9.88 Å². The van der Waals surface area contributed by atoms with Crippen molar-refractivity contribution in [2.24, 2.45) is 17.4 Å². The fourth-order valence-corrected chi connectivity index (χ4v) is 3.55. The van der Waals surface area contributed by atoms with Gasteiger partial charge in [0.1, 0.15) is 0 Å². The van der Waals surface area contributed by atoms with Gasteiger partial charge in [-0.2, -0.15) is 0 Å². The zero-order valence-electron chi connectivity index (χ0n) is 10.3. The highest BCUT2D eigenvalue weighted by Crippen LogP contribution is 2.38. The number of urea groups is 1. The Hall–Kier alpha value is -1.63. The van der Waals surface area contributed by atoms with E-state index in [0.717, 1.165) is 10.6 Å². The van der Waals surface area contributed by atoms with Crippen molar-refractivity contribution < 1.29 is 9.59 Å². The second kappa shape index (κ2) is 4.56. The molecule has 2 rings (SSSR count). The van der Waals surface area contributed by atoms with Gasteiger partial charge < -0.3 is 16.4 Å². The molecule has 6 nitrogen and oxygen atoms in total. The number of aromatic nitrogens is 1. The number of primary amides is 2. The molecule has 1 unspecified atom stereocenters. The summed E-state index contributed by atoms with van der Waals surface area (Å²) in [5, 5.41) is 0.303. The Labute approximate surface area is 109 Å². The van der Waals surface area contributed by atoms with Gasteiger partial charge in [0.15, 0.2) is 5.01 Å². The number of fused-ring (bicyclic) bond motifs is 1. The Bertz CT molecular complexity index is 497. The highest BCUT2D eigenvalue weighted by atomic mass is 32.1. The van der Waals surface area contributed by atoms with Crippen molar-refractivity contribution in [2.45, 2.75) is 26.3 Å². The molecule has 0 fully saturated rings. The fraction of sp³-hybridized carbons (Fsp3) is 0.545. The summed E-state index contributed by atoms with van der Waals surface area (Å²) in [6, 6.07) is -0.551. The second-order valence-electron chi connectivity index (χ2n) is 4.66. The van der Waals surface area contributed by atoms with Crippen LogP contribution < -0.4 is 11.5 Å². The van der Waals surface area contributed by atoms with Crippen LogP contribution >= 0.6 is 11.3 Å². The molecule has 0 aromatic carbocycles. The molecule has 1 atom stereocenters. The molecule has 0 saturated carbocycles. The van der Waals surface area contributed by atoms with Crippen molar-refractivity contribution in [3.63, 3.8) is 0 Å². The van der Waals surface area contributed by atoms with E-state index >= 15 is 0 Å². The van der Waals surface area contributed by atoms with Crippen molar-refractivity contribution in [3.05, 3.63) is 15.6 Å². The van der Waals surface area contributed by atoms with Gasteiger partial charge in [0.25, 0.3) is 5.91 Å². The summed E-state index contributed by atoms with van der Waals surface area (Å²) in [6.07, 6.45) is 0.616. The molecule has 1 aliphatic heterocycles. The third-order valence-corrected chi connectivity index (χ3v) is 4.23. The molecule has 1 aliphatic rings. The van der Waals surface area contributed by atoms with Crippen LogP contribution in [-0.4, -0.2) is 28.4 Å². The number of rotatable bonds is 2. The van der Waals surface area contributed by atoms with Gasteiger partial charge in [0.2, 0.25) is 0 Å². The Morgan fingerprint density at radius 1 is 1.44 bits per heavy atom. The number of nitrogens with two attached hydrogens (primary N) is 2. The summed E-state index contributed by atoms with van der Waals surface area (Å²) < 4.78 is 0. The largest absolute Gasteiger partial charge is 0.364 e. The third-order valence-electron chi connectivity index (χ3n) is 3.05. The summed E-state index contributed by atoms with van der Waals surface area (Å²) in [7, 11) is 0. The van der Waals surface area contributed by atoms with Gasteiger partial charge in [0, 0.05) is 13.0 Å². The maximum atomic E-state index is 11.5. The predicted molar refractivity (Wildman–Crippen MR) is 68.2 cm³/mol. The van der Waals surface area contributed by atoms with Gasteiger partial charge >= 0.3 is 6.03 Å². The minimum absolute atomic E-state index is 0.114. The van der Waals surface area contributed by atoms with Gasteiger partial charge in [0.05, 0.1) is 16.6 Å². The predicted octanol–water partition coefficient (Wildman–Crippen LogP) is 0.876. The Morgan fingerprint density at radius 2 is 2.11 bits per heavy atom. The molecule has 0 aliphatic carbocycles. The molecular weight excluding hydrogens is 252 g/mol. The molecule has 0 spiro atoms. The van der Waals surface area contributed by atoms with E-state index in [1.165, 1.54) is 11.3 Å². The second-order valence-corrected chi connectivity index (χ2v) is 5.70. The van der Waals surface area contributed by atoms with Gasteiger partial charge in [-0.25, -0.2) is 9.78 Å². The van der Waals surface area contributed by atoms with Crippen molar-refractivity contribution >= 4 is 23.3 Å². The van der Waals surface area contributed by atoms with Gasteiger partial charge in [-0.15, -0.1) is 11.3 Å². The number of nitrogens with zero attached hydrogens (tertiary/aromatic N) is 2. The van der Waals surface area contributed by atoms with E-state index in [9.17, 15) is 9.59 Å². The summed E-state index contributed by atoms with van der Waals surface area (Å²) in [4.78, 5) is 29.4. The normalized spacial score (nSPS) is 18.8. The van der Waals surface area contributed by atoms with Crippen LogP contribution in [-0.2, 0) is 6.42 Å². The molecule has 18 heavy (non-hydrogen) atoms. The highest BCUT2D eigenvalue weighted by Gasteiger charge is 2.35. The summed E-state index contributed by atoms with van der Waals surface area (Å²) in [5.74, 6) is -0.319. The Kier molecular flexibility index (Phi) is 3.25. The van der Waals surface area contributed by atoms with E-state index in [4.69, 9.17) is 11.5 Å². The average molecular weight is 268 g/mol. The Balaban J connectivity index is 2.45. The molecule has 7 heteroatoms. The van der Waals surface area contributed by atoms with Crippen molar-refractivity contribution in [1.29, 1.82) is 0 Å². The average Bonchev–Trinajstić information content (AvgIpc) is 2.70. The highest BCUT2D eigenvalue weighted by molar-refractivity contribution is 7.13. The van der Waals surface area contributed by atoms with Gasteiger partial charge in [-0.1, -0.05) is 13.8 Å². The van der Waals surface area contributed by atoms with E-state index in [2.05, 4.69) is 4.98 Å². The van der Waals surface area contributed by atoms with Crippen LogP contribution in [0, 0.1) is 5.92 Å². The standard InChI is InChI=1S/C11H16N4O2S/c1-5(2)7-8-6(3-4-15(7)11(13)17)14-10(18-8)9(12)16/h5,7H,3-4H2,1-2H3,(H2,12,16)(H2,13,17). The number of hydrogen-bond acceptors (Lipinski definition) is 4. The van der Waals surface area contributed by atoms with E-state index < -0.39 is 11.9 Å². The van der Waals surface area contributed by atoms with Crippen molar-refractivity contribution in [2.75, 3.05) is 6.54 Å². The van der Waals surface area contributed by atoms with E-state index in [1.54, 1.807) is 4.90 Å². The first kappa shape index (κ1) is 12.8. The summed E-state index contributed by atoms with van der Waals surface area (Å²) in [6.45, 7) is 4.56. The molecular formula is C11H16N4O2S. The number of hydrogen-bond donors (Lipinski definition) is 2. The quantitative estimate of drug-likeness (QED) is 0.832. The number of thiazole rings is 1. The van der Waals surface area contributed by atoms with Crippen LogP contribution in [0.3, 0.4) is 0 Å². The minimum Gasteiger partial charge on any atom is -0.364 e. The minimum atomic E-state index is -0.525. The lowest BCUT2D eigenvalue weighted by Gasteiger charge is -2.36. The number of carbonyl (C=O) groups is 2. The van der Waals surface area contributed by atoms with Crippen LogP contribution in [0.2, 0.25) is 0 Å². The van der Waals surface area contributed by atoms with E-state index in [-0.39, 0.29) is 12.0 Å². The van der Waals surface area contributed by atoms with Crippen LogP contribution in [0.5, 0.6) is 0 Å². The zero-order chi connectivity index (χ0) is 13.4. The number of carbonyl (C=O) groups excluding carboxylic acids is 2. The van der Waals surface area contributed by atoms with Gasteiger partial charge in [-0.05, 0) is 5.92 Å². The van der Waals surface area contributed by atoms with Crippen molar-refractivity contribution in [3.8, 4) is 0 Å². The summed E-state index contributed by atoms with van der Waals surface area (Å²) in [5.41, 5.74) is 11.5. The monoisotopic (exact) mass is 268 g/mol. The molecule has 0 radical (unpaired) electrons. The molecule has 98 valence electrons. The molecule has 4 N–H and O–H groups in total. The molecule has 2 heterocycles. The van der Waals surface area contributed by atoms with Gasteiger partial charge in [-0.3, -0.25) is 4.79 Å². The smallest absolute Gasteiger partial charge is 0.315 e. The van der Waals surface area contributed by atoms with E-state index in [1.807, 2.05) is 13.8 Å². The lowest BCUT2D eigenvalue weighted by Crippen LogP contribution is -2.44. The first-order valence-corrected chi connectivity index (χ1v) is 6.59.